The largest absolute Gasteiger partial charge is 0.311 e. The van der Waals surface area contributed by atoms with Crippen molar-refractivity contribution in [3.05, 3.63) is 27.9 Å². The van der Waals surface area contributed by atoms with Crippen LogP contribution in [-0.4, -0.2) is 9.97 Å². The number of aromatic nitrogens is 2. The van der Waals surface area contributed by atoms with E-state index in [9.17, 15) is 4.79 Å². The van der Waals surface area contributed by atoms with Gasteiger partial charge in [-0.3, -0.25) is 4.79 Å². The molecule has 76 valence electrons. The van der Waals surface area contributed by atoms with Gasteiger partial charge in [-0.05, 0) is 12.3 Å². The number of hydrogen-bond donors (Lipinski definition) is 1. The first-order chi connectivity index (χ1) is 6.78. The minimum absolute atomic E-state index is 0.00817. The monoisotopic (exact) mass is 192 g/mol. The van der Waals surface area contributed by atoms with Gasteiger partial charge in [-0.25, -0.2) is 4.98 Å². The first kappa shape index (κ1) is 9.44. The SMILES string of the molecule is CCc1cc(=O)[nH]c(CC2CCC2)n1. The number of hydrogen-bond acceptors (Lipinski definition) is 2. The summed E-state index contributed by atoms with van der Waals surface area (Å²) in [5.74, 6) is 1.63. The number of nitrogens with one attached hydrogen (secondary N) is 1. The van der Waals surface area contributed by atoms with Crippen LogP contribution in [0.2, 0.25) is 0 Å². The van der Waals surface area contributed by atoms with Crippen LogP contribution in [0.25, 0.3) is 0 Å². The molecule has 1 fully saturated rings. The van der Waals surface area contributed by atoms with Crippen molar-refractivity contribution >= 4 is 0 Å². The van der Waals surface area contributed by atoms with Gasteiger partial charge < -0.3 is 4.98 Å². The Hall–Kier alpha value is -1.12. The second-order valence-corrected chi connectivity index (χ2v) is 4.04. The second-order valence-electron chi connectivity index (χ2n) is 4.04. The Morgan fingerprint density at radius 1 is 1.57 bits per heavy atom. The highest BCUT2D eigenvalue weighted by molar-refractivity contribution is 5.03. The fourth-order valence-corrected chi connectivity index (χ4v) is 1.81. The van der Waals surface area contributed by atoms with E-state index >= 15 is 0 Å². The van der Waals surface area contributed by atoms with Crippen molar-refractivity contribution in [3.63, 3.8) is 0 Å². The van der Waals surface area contributed by atoms with Gasteiger partial charge in [0, 0.05) is 18.2 Å². The minimum Gasteiger partial charge on any atom is -0.311 e. The highest BCUT2D eigenvalue weighted by Crippen LogP contribution is 2.28. The quantitative estimate of drug-likeness (QED) is 0.791. The zero-order valence-electron chi connectivity index (χ0n) is 8.55. The summed E-state index contributed by atoms with van der Waals surface area (Å²) in [6.07, 6.45) is 5.70. The van der Waals surface area contributed by atoms with Crippen LogP contribution in [0.3, 0.4) is 0 Å². The molecule has 0 unspecified atom stereocenters. The molecule has 1 aliphatic rings. The summed E-state index contributed by atoms with van der Waals surface area (Å²) < 4.78 is 0. The molecule has 2 rings (SSSR count). The van der Waals surface area contributed by atoms with E-state index in [1.165, 1.54) is 19.3 Å². The maximum Gasteiger partial charge on any atom is 0.251 e. The van der Waals surface area contributed by atoms with Gasteiger partial charge in [-0.2, -0.15) is 0 Å². The van der Waals surface area contributed by atoms with Gasteiger partial charge in [0.25, 0.3) is 5.56 Å². The van der Waals surface area contributed by atoms with Gasteiger partial charge >= 0.3 is 0 Å². The number of aryl methyl sites for hydroxylation is 1. The summed E-state index contributed by atoms with van der Waals surface area (Å²) in [6, 6.07) is 1.59. The molecule has 14 heavy (non-hydrogen) atoms. The third-order valence-corrected chi connectivity index (χ3v) is 2.91. The zero-order chi connectivity index (χ0) is 9.97. The normalized spacial score (nSPS) is 16.6. The maximum absolute atomic E-state index is 11.3. The highest BCUT2D eigenvalue weighted by Gasteiger charge is 2.18. The number of nitrogens with zero attached hydrogens (tertiary/aromatic N) is 1. The molecule has 0 aliphatic heterocycles. The topological polar surface area (TPSA) is 45.8 Å². The van der Waals surface area contributed by atoms with Gasteiger partial charge in [0.1, 0.15) is 5.82 Å². The average Bonchev–Trinajstić information content (AvgIpc) is 2.10. The lowest BCUT2D eigenvalue weighted by Gasteiger charge is -2.24. The molecule has 1 N–H and O–H groups in total. The van der Waals surface area contributed by atoms with Gasteiger partial charge in [0.05, 0.1) is 0 Å². The van der Waals surface area contributed by atoms with E-state index in [0.29, 0.717) is 0 Å². The molecule has 1 aromatic heterocycles. The summed E-state index contributed by atoms with van der Waals surface area (Å²) >= 11 is 0. The van der Waals surface area contributed by atoms with Crippen LogP contribution in [0.5, 0.6) is 0 Å². The lowest BCUT2D eigenvalue weighted by Crippen LogP contribution is -2.19. The summed E-state index contributed by atoms with van der Waals surface area (Å²) in [6.45, 7) is 2.02. The van der Waals surface area contributed by atoms with Crippen LogP contribution in [0.1, 0.15) is 37.7 Å². The van der Waals surface area contributed by atoms with E-state index in [4.69, 9.17) is 0 Å². The molecule has 1 aliphatic carbocycles. The molecule has 3 nitrogen and oxygen atoms in total. The van der Waals surface area contributed by atoms with E-state index in [1.807, 2.05) is 6.92 Å². The Kier molecular flexibility index (Phi) is 2.66. The predicted molar refractivity (Wildman–Crippen MR) is 55.3 cm³/mol. The molecule has 0 bridgehead atoms. The number of H-pyrrole nitrogens is 1. The van der Waals surface area contributed by atoms with E-state index in [-0.39, 0.29) is 5.56 Å². The first-order valence-electron chi connectivity index (χ1n) is 5.37. The summed E-state index contributed by atoms with van der Waals surface area (Å²) in [7, 11) is 0. The number of rotatable bonds is 3. The lowest BCUT2D eigenvalue weighted by molar-refractivity contribution is 0.309. The Bertz CT molecular complexity index is 366. The number of aromatic amines is 1. The Balaban J connectivity index is 2.15. The molecule has 0 spiro atoms. The van der Waals surface area contributed by atoms with Gasteiger partial charge in [0.2, 0.25) is 0 Å². The third-order valence-electron chi connectivity index (χ3n) is 2.91. The molecule has 1 saturated carbocycles. The highest BCUT2D eigenvalue weighted by atomic mass is 16.1. The molecule has 0 aromatic carbocycles. The van der Waals surface area contributed by atoms with Crippen molar-refractivity contribution in [3.8, 4) is 0 Å². The molecule has 1 heterocycles. The average molecular weight is 192 g/mol. The molecular weight excluding hydrogens is 176 g/mol. The Morgan fingerprint density at radius 3 is 2.93 bits per heavy atom. The lowest BCUT2D eigenvalue weighted by atomic mass is 9.83. The molecule has 0 radical (unpaired) electrons. The van der Waals surface area contributed by atoms with Crippen molar-refractivity contribution in [2.45, 2.75) is 39.0 Å². The van der Waals surface area contributed by atoms with Gasteiger partial charge in [0.15, 0.2) is 0 Å². The van der Waals surface area contributed by atoms with Crippen molar-refractivity contribution in [2.75, 3.05) is 0 Å². The van der Waals surface area contributed by atoms with Crippen LogP contribution in [-0.2, 0) is 12.8 Å². The van der Waals surface area contributed by atoms with Crippen LogP contribution < -0.4 is 5.56 Å². The van der Waals surface area contributed by atoms with Gasteiger partial charge in [-0.15, -0.1) is 0 Å². The molecule has 0 atom stereocenters. The Labute approximate surface area is 83.6 Å². The maximum atomic E-state index is 11.3. The first-order valence-corrected chi connectivity index (χ1v) is 5.37. The Morgan fingerprint density at radius 2 is 2.36 bits per heavy atom. The van der Waals surface area contributed by atoms with Crippen LogP contribution in [0, 0.1) is 5.92 Å². The fourth-order valence-electron chi connectivity index (χ4n) is 1.81. The molecule has 0 amide bonds. The third kappa shape index (κ3) is 2.03. The summed E-state index contributed by atoms with van der Waals surface area (Å²) in [5.41, 5.74) is 0.897. The molecule has 3 heteroatoms. The molecule has 1 aromatic rings. The van der Waals surface area contributed by atoms with Crippen molar-refractivity contribution in [1.82, 2.24) is 9.97 Å². The van der Waals surface area contributed by atoms with Crippen molar-refractivity contribution in [1.29, 1.82) is 0 Å². The smallest absolute Gasteiger partial charge is 0.251 e. The van der Waals surface area contributed by atoms with Crippen LogP contribution >= 0.6 is 0 Å². The van der Waals surface area contributed by atoms with E-state index < -0.39 is 0 Å². The zero-order valence-corrected chi connectivity index (χ0v) is 8.55. The predicted octanol–water partition coefficient (Wildman–Crippen LogP) is 1.67. The standard InChI is InChI=1S/C11H16N2O/c1-2-9-7-11(14)13-10(12-9)6-8-4-3-5-8/h7-8H,2-6H2,1H3,(H,12,13,14). The van der Waals surface area contributed by atoms with Crippen molar-refractivity contribution in [2.24, 2.45) is 5.92 Å². The summed E-state index contributed by atoms with van der Waals surface area (Å²) in [5, 5.41) is 0. The van der Waals surface area contributed by atoms with E-state index in [0.717, 1.165) is 30.3 Å². The summed E-state index contributed by atoms with van der Waals surface area (Å²) in [4.78, 5) is 18.5. The van der Waals surface area contributed by atoms with E-state index in [2.05, 4.69) is 9.97 Å². The minimum atomic E-state index is -0.00817. The molecular formula is C11H16N2O. The van der Waals surface area contributed by atoms with Crippen LogP contribution in [0.15, 0.2) is 10.9 Å². The fraction of sp³-hybridized carbons (Fsp3) is 0.636. The molecule has 0 saturated heterocycles. The van der Waals surface area contributed by atoms with Crippen LogP contribution in [0.4, 0.5) is 0 Å². The second kappa shape index (κ2) is 3.95. The van der Waals surface area contributed by atoms with Crippen molar-refractivity contribution < 1.29 is 0 Å². The van der Waals surface area contributed by atoms with Gasteiger partial charge in [-0.1, -0.05) is 26.2 Å². The van der Waals surface area contributed by atoms with E-state index in [1.54, 1.807) is 6.07 Å².